The maximum absolute atomic E-state index is 13.3. The van der Waals surface area contributed by atoms with Crippen molar-refractivity contribution < 1.29 is 23.2 Å². The number of halogens is 1. The van der Waals surface area contributed by atoms with E-state index in [1.807, 2.05) is 0 Å². The lowest BCUT2D eigenvalue weighted by atomic mass is 9.87. The monoisotopic (exact) mass is 410 g/mol. The molecule has 1 aliphatic heterocycles. The highest BCUT2D eigenvalue weighted by molar-refractivity contribution is 6.07. The van der Waals surface area contributed by atoms with E-state index < -0.39 is 23.3 Å². The Morgan fingerprint density at radius 1 is 1.13 bits per heavy atom. The molecule has 2 aromatic carbocycles. The average Bonchev–Trinajstić information content (AvgIpc) is 3.33. The molecule has 0 bridgehead atoms. The fourth-order valence-corrected chi connectivity index (χ4v) is 3.46. The highest BCUT2D eigenvalue weighted by atomic mass is 19.1. The highest BCUT2D eigenvalue weighted by Gasteiger charge is 2.51. The van der Waals surface area contributed by atoms with Crippen LogP contribution < -0.4 is 10.1 Å². The van der Waals surface area contributed by atoms with E-state index >= 15 is 0 Å². The van der Waals surface area contributed by atoms with E-state index in [4.69, 9.17) is 9.26 Å². The number of amides is 3. The number of ether oxygens (including phenoxy) is 1. The van der Waals surface area contributed by atoms with E-state index in [1.165, 1.54) is 24.3 Å². The topological polar surface area (TPSA) is 97.6 Å². The fraction of sp³-hybridized carbons (Fsp3) is 0.238. The van der Waals surface area contributed by atoms with Gasteiger partial charge in [-0.3, -0.25) is 9.69 Å². The van der Waals surface area contributed by atoms with Gasteiger partial charge in [-0.1, -0.05) is 24.2 Å². The molecule has 1 aromatic heterocycles. The quantitative estimate of drug-likeness (QED) is 0.627. The first-order valence-electron chi connectivity index (χ1n) is 9.34. The maximum Gasteiger partial charge on any atom is 0.325 e. The SMILES string of the molecule is CCC1(c2ccc(F)cc2)NC(=O)N(Cc2nc(-c3ccc(OC)cc3)no2)C1=O. The molecule has 30 heavy (non-hydrogen) atoms. The lowest BCUT2D eigenvalue weighted by Gasteiger charge is -2.25. The third kappa shape index (κ3) is 3.28. The summed E-state index contributed by atoms with van der Waals surface area (Å²) >= 11 is 0. The van der Waals surface area contributed by atoms with Crippen molar-refractivity contribution in [1.82, 2.24) is 20.4 Å². The Morgan fingerprint density at radius 2 is 1.83 bits per heavy atom. The molecular weight excluding hydrogens is 391 g/mol. The number of imide groups is 1. The number of carbonyl (C=O) groups is 2. The molecule has 154 valence electrons. The average molecular weight is 410 g/mol. The Balaban J connectivity index is 1.56. The van der Waals surface area contributed by atoms with Crippen LogP contribution in [0.1, 0.15) is 24.8 Å². The van der Waals surface area contributed by atoms with Crippen LogP contribution in [0.2, 0.25) is 0 Å². The summed E-state index contributed by atoms with van der Waals surface area (Å²) in [7, 11) is 1.57. The predicted molar refractivity (Wildman–Crippen MR) is 104 cm³/mol. The molecular formula is C21H19FN4O4. The van der Waals surface area contributed by atoms with Gasteiger partial charge in [-0.15, -0.1) is 0 Å². The van der Waals surface area contributed by atoms with Crippen molar-refractivity contribution in [3.8, 4) is 17.1 Å². The van der Waals surface area contributed by atoms with Crippen molar-refractivity contribution >= 4 is 11.9 Å². The van der Waals surface area contributed by atoms with Crippen LogP contribution in [-0.4, -0.2) is 34.1 Å². The third-order valence-corrected chi connectivity index (χ3v) is 5.15. The lowest BCUT2D eigenvalue weighted by Crippen LogP contribution is -2.43. The number of methoxy groups -OCH3 is 1. The summed E-state index contributed by atoms with van der Waals surface area (Å²) < 4.78 is 23.7. The van der Waals surface area contributed by atoms with E-state index in [0.717, 1.165) is 4.90 Å². The summed E-state index contributed by atoms with van der Waals surface area (Å²) in [6.45, 7) is 1.61. The van der Waals surface area contributed by atoms with Crippen molar-refractivity contribution in [2.45, 2.75) is 25.4 Å². The van der Waals surface area contributed by atoms with Gasteiger partial charge in [0.2, 0.25) is 11.7 Å². The van der Waals surface area contributed by atoms with Gasteiger partial charge in [0.1, 0.15) is 23.7 Å². The van der Waals surface area contributed by atoms with Crippen LogP contribution in [0.15, 0.2) is 53.1 Å². The molecule has 1 fully saturated rings. The van der Waals surface area contributed by atoms with E-state index in [1.54, 1.807) is 38.3 Å². The molecule has 3 amide bonds. The van der Waals surface area contributed by atoms with Crippen LogP contribution in [0.3, 0.4) is 0 Å². The van der Waals surface area contributed by atoms with Gasteiger partial charge in [0.15, 0.2) is 0 Å². The van der Waals surface area contributed by atoms with Gasteiger partial charge in [0, 0.05) is 5.56 Å². The van der Waals surface area contributed by atoms with Crippen LogP contribution in [0.5, 0.6) is 5.75 Å². The van der Waals surface area contributed by atoms with Crippen LogP contribution in [0, 0.1) is 5.82 Å². The van der Waals surface area contributed by atoms with E-state index in [9.17, 15) is 14.0 Å². The van der Waals surface area contributed by atoms with Gasteiger partial charge >= 0.3 is 6.03 Å². The molecule has 1 saturated heterocycles. The number of carbonyl (C=O) groups excluding carboxylic acids is 2. The third-order valence-electron chi connectivity index (χ3n) is 5.15. The second-order valence-electron chi connectivity index (χ2n) is 6.83. The summed E-state index contributed by atoms with van der Waals surface area (Å²) in [5.41, 5.74) is -0.0437. The molecule has 0 spiro atoms. The number of aromatic nitrogens is 2. The number of benzene rings is 2. The zero-order valence-electron chi connectivity index (χ0n) is 16.4. The number of nitrogens with zero attached hydrogens (tertiary/aromatic N) is 3. The summed E-state index contributed by atoms with van der Waals surface area (Å²) in [4.78, 5) is 31.0. The van der Waals surface area contributed by atoms with Crippen molar-refractivity contribution in [2.24, 2.45) is 0 Å². The first-order valence-corrected chi connectivity index (χ1v) is 9.34. The molecule has 1 atom stereocenters. The molecule has 1 aliphatic rings. The molecule has 9 heteroatoms. The number of urea groups is 1. The van der Waals surface area contributed by atoms with Gasteiger partial charge in [-0.25, -0.2) is 9.18 Å². The second kappa shape index (κ2) is 7.58. The molecule has 1 N–H and O–H groups in total. The summed E-state index contributed by atoms with van der Waals surface area (Å²) in [5, 5.41) is 6.66. The van der Waals surface area contributed by atoms with Crippen LogP contribution in [-0.2, 0) is 16.9 Å². The molecule has 0 aliphatic carbocycles. The van der Waals surface area contributed by atoms with Gasteiger partial charge in [-0.2, -0.15) is 4.98 Å². The van der Waals surface area contributed by atoms with Gasteiger partial charge in [0.25, 0.3) is 5.91 Å². The van der Waals surface area contributed by atoms with Crippen LogP contribution in [0.4, 0.5) is 9.18 Å². The molecule has 0 radical (unpaired) electrons. The number of nitrogens with one attached hydrogen (secondary N) is 1. The fourth-order valence-electron chi connectivity index (χ4n) is 3.46. The summed E-state index contributed by atoms with van der Waals surface area (Å²) in [5.74, 6) is 0.273. The Hall–Kier alpha value is -3.75. The van der Waals surface area contributed by atoms with E-state index in [-0.39, 0.29) is 12.4 Å². The minimum atomic E-state index is -1.26. The molecule has 0 saturated carbocycles. The van der Waals surface area contributed by atoms with Gasteiger partial charge < -0.3 is 14.6 Å². The Bertz CT molecular complexity index is 1080. The number of hydrogen-bond acceptors (Lipinski definition) is 6. The first kappa shape index (κ1) is 19.6. The van der Waals surface area contributed by atoms with Crippen LogP contribution in [0.25, 0.3) is 11.4 Å². The minimum Gasteiger partial charge on any atom is -0.497 e. The lowest BCUT2D eigenvalue weighted by molar-refractivity contribution is -0.132. The molecule has 4 rings (SSSR count). The highest BCUT2D eigenvalue weighted by Crippen LogP contribution is 2.33. The smallest absolute Gasteiger partial charge is 0.325 e. The largest absolute Gasteiger partial charge is 0.497 e. The molecule has 1 unspecified atom stereocenters. The van der Waals surface area contributed by atoms with Crippen molar-refractivity contribution in [2.75, 3.05) is 7.11 Å². The van der Waals surface area contributed by atoms with Crippen molar-refractivity contribution in [3.05, 3.63) is 65.8 Å². The zero-order valence-corrected chi connectivity index (χ0v) is 16.4. The maximum atomic E-state index is 13.3. The molecule has 2 heterocycles. The number of hydrogen-bond donors (Lipinski definition) is 1. The normalized spacial score (nSPS) is 18.6. The predicted octanol–water partition coefficient (Wildman–Crippen LogP) is 3.24. The Morgan fingerprint density at radius 3 is 2.47 bits per heavy atom. The minimum absolute atomic E-state index is 0.121. The Labute approximate surface area is 171 Å². The van der Waals surface area contributed by atoms with Crippen molar-refractivity contribution in [1.29, 1.82) is 0 Å². The van der Waals surface area contributed by atoms with Crippen LogP contribution >= 0.6 is 0 Å². The van der Waals surface area contributed by atoms with E-state index in [0.29, 0.717) is 29.1 Å². The molecule has 8 nitrogen and oxygen atoms in total. The standard InChI is InChI=1S/C21H19FN4O4/c1-3-21(14-6-8-15(22)9-7-14)19(27)26(20(28)24-21)12-17-23-18(25-30-17)13-4-10-16(29-2)11-5-13/h4-11H,3,12H2,1-2H3,(H,24,28). The first-order chi connectivity index (χ1) is 14.5. The molecule has 3 aromatic rings. The number of rotatable bonds is 6. The second-order valence-corrected chi connectivity index (χ2v) is 6.83. The van der Waals surface area contributed by atoms with E-state index in [2.05, 4.69) is 15.5 Å². The summed E-state index contributed by atoms with van der Waals surface area (Å²) in [6.07, 6.45) is 0.306. The van der Waals surface area contributed by atoms with Gasteiger partial charge in [0.05, 0.1) is 7.11 Å². The Kier molecular flexibility index (Phi) is 4.94. The zero-order chi connectivity index (χ0) is 21.3. The van der Waals surface area contributed by atoms with Crippen molar-refractivity contribution in [3.63, 3.8) is 0 Å². The van der Waals surface area contributed by atoms with Gasteiger partial charge in [-0.05, 0) is 48.4 Å². The summed E-state index contributed by atoms with van der Waals surface area (Å²) in [6, 6.07) is 12.0.